The minimum atomic E-state index is -0.586. The Morgan fingerprint density at radius 3 is 1.74 bits per heavy atom. The molecule has 0 bridgehead atoms. The molecule has 0 radical (unpaired) electrons. The van der Waals surface area contributed by atoms with Gasteiger partial charge in [0.25, 0.3) is 5.91 Å². The number of hydrogen-bond donors (Lipinski definition) is 1. The van der Waals surface area contributed by atoms with Crippen molar-refractivity contribution in [3.05, 3.63) is 124 Å². The average molecular weight is 484 g/mol. The summed E-state index contributed by atoms with van der Waals surface area (Å²) in [6.07, 6.45) is 1.53. The third-order valence-corrected chi connectivity index (χ3v) is 5.69. The van der Waals surface area contributed by atoms with Crippen LogP contribution in [0.15, 0.2) is 109 Å². The van der Waals surface area contributed by atoms with Crippen LogP contribution < -0.4 is 10.2 Å². The molecule has 0 saturated carbocycles. The third kappa shape index (κ3) is 5.29. The van der Waals surface area contributed by atoms with Gasteiger partial charge in [-0.1, -0.05) is 77.8 Å². The highest BCUT2D eigenvalue weighted by molar-refractivity contribution is 6.40. The largest absolute Gasteiger partial charge is 0.319 e. The van der Waals surface area contributed by atoms with Crippen LogP contribution in [0.3, 0.4) is 0 Å². The van der Waals surface area contributed by atoms with E-state index in [0.717, 1.165) is 17.1 Å². The van der Waals surface area contributed by atoms with Crippen molar-refractivity contribution in [3.63, 3.8) is 0 Å². The van der Waals surface area contributed by atoms with Crippen LogP contribution in [0.4, 0.5) is 22.7 Å². The van der Waals surface area contributed by atoms with Gasteiger partial charge in [-0.25, -0.2) is 0 Å². The first kappa shape index (κ1) is 23.1. The summed E-state index contributed by atoms with van der Waals surface area (Å²) in [5.41, 5.74) is 3.90. The molecule has 4 nitrogen and oxygen atoms in total. The second-order valence-electron chi connectivity index (χ2n) is 7.32. The Morgan fingerprint density at radius 2 is 1.24 bits per heavy atom. The zero-order chi connectivity index (χ0) is 23.9. The van der Waals surface area contributed by atoms with Gasteiger partial charge in [-0.2, -0.15) is 5.26 Å². The molecule has 0 saturated heterocycles. The van der Waals surface area contributed by atoms with E-state index in [0.29, 0.717) is 15.6 Å². The lowest BCUT2D eigenvalue weighted by Crippen LogP contribution is -2.14. The first-order chi connectivity index (χ1) is 16.6. The summed E-state index contributed by atoms with van der Waals surface area (Å²) >= 11 is 12.2. The SMILES string of the molecule is N#CC(=Cc1ccc(N(c2ccccc2)c2ccccc2)cc1)C(=O)Nc1c(Cl)cccc1Cl. The lowest BCUT2D eigenvalue weighted by molar-refractivity contribution is -0.112. The van der Waals surface area contributed by atoms with Crippen LogP contribution in [0.5, 0.6) is 0 Å². The van der Waals surface area contributed by atoms with Gasteiger partial charge in [0.2, 0.25) is 0 Å². The molecule has 0 unspecified atom stereocenters. The zero-order valence-corrected chi connectivity index (χ0v) is 19.5. The third-order valence-electron chi connectivity index (χ3n) is 5.06. The molecule has 0 aliphatic carbocycles. The number of carbonyl (C=O) groups excluding carboxylic acids is 1. The number of rotatable bonds is 6. The van der Waals surface area contributed by atoms with Crippen molar-refractivity contribution < 1.29 is 4.79 Å². The van der Waals surface area contributed by atoms with Crippen molar-refractivity contribution in [1.29, 1.82) is 5.26 Å². The minimum Gasteiger partial charge on any atom is -0.319 e. The van der Waals surface area contributed by atoms with E-state index in [4.69, 9.17) is 23.2 Å². The molecule has 4 aromatic carbocycles. The van der Waals surface area contributed by atoms with E-state index in [-0.39, 0.29) is 11.3 Å². The van der Waals surface area contributed by atoms with E-state index in [9.17, 15) is 10.1 Å². The topological polar surface area (TPSA) is 56.1 Å². The number of carbonyl (C=O) groups is 1. The maximum atomic E-state index is 12.7. The molecule has 0 aliphatic rings. The van der Waals surface area contributed by atoms with Crippen LogP contribution in [0.25, 0.3) is 6.08 Å². The summed E-state index contributed by atoms with van der Waals surface area (Å²) in [6, 6.07) is 34.6. The van der Waals surface area contributed by atoms with Gasteiger partial charge in [0.1, 0.15) is 11.6 Å². The maximum Gasteiger partial charge on any atom is 0.266 e. The fourth-order valence-corrected chi connectivity index (χ4v) is 3.93. The van der Waals surface area contributed by atoms with Gasteiger partial charge >= 0.3 is 0 Å². The smallest absolute Gasteiger partial charge is 0.266 e. The molecule has 0 heterocycles. The van der Waals surface area contributed by atoms with Crippen molar-refractivity contribution in [2.75, 3.05) is 10.2 Å². The number of halogens is 2. The average Bonchev–Trinajstić information content (AvgIpc) is 2.87. The summed E-state index contributed by atoms with van der Waals surface area (Å²) in [5.74, 6) is -0.586. The number of nitrogens with one attached hydrogen (secondary N) is 1. The Labute approximate surface area is 208 Å². The van der Waals surface area contributed by atoms with Crippen LogP contribution in [-0.4, -0.2) is 5.91 Å². The number of amides is 1. The Kier molecular flexibility index (Phi) is 7.29. The van der Waals surface area contributed by atoms with Crippen LogP contribution >= 0.6 is 23.2 Å². The van der Waals surface area contributed by atoms with Gasteiger partial charge < -0.3 is 10.2 Å². The highest BCUT2D eigenvalue weighted by Gasteiger charge is 2.15. The fourth-order valence-electron chi connectivity index (χ4n) is 3.43. The van der Waals surface area contributed by atoms with Crippen LogP contribution in [0, 0.1) is 11.3 Å². The summed E-state index contributed by atoms with van der Waals surface area (Å²) in [6.45, 7) is 0. The van der Waals surface area contributed by atoms with Crippen LogP contribution in [-0.2, 0) is 4.79 Å². The van der Waals surface area contributed by atoms with E-state index in [1.165, 1.54) is 6.08 Å². The number of benzene rings is 4. The van der Waals surface area contributed by atoms with E-state index >= 15 is 0 Å². The maximum absolute atomic E-state index is 12.7. The van der Waals surface area contributed by atoms with Crippen molar-refractivity contribution in [1.82, 2.24) is 0 Å². The molecule has 0 atom stereocenters. The molecule has 6 heteroatoms. The van der Waals surface area contributed by atoms with E-state index in [2.05, 4.69) is 10.2 Å². The lowest BCUT2D eigenvalue weighted by atomic mass is 10.1. The number of hydrogen-bond acceptors (Lipinski definition) is 3. The standard InChI is InChI=1S/C28H19Cl2N3O/c29-25-12-7-13-26(30)27(25)32-28(34)21(19-31)18-20-14-16-24(17-15-20)33(22-8-3-1-4-9-22)23-10-5-2-6-11-23/h1-18H,(H,32,34). The highest BCUT2D eigenvalue weighted by Crippen LogP contribution is 2.34. The van der Waals surface area contributed by atoms with Gasteiger partial charge in [-0.3, -0.25) is 4.79 Å². The van der Waals surface area contributed by atoms with Gasteiger partial charge in [0, 0.05) is 17.1 Å². The molecule has 1 N–H and O–H groups in total. The van der Waals surface area contributed by atoms with E-state index in [1.54, 1.807) is 18.2 Å². The van der Waals surface area contributed by atoms with Gasteiger partial charge in [-0.05, 0) is 60.2 Å². The van der Waals surface area contributed by atoms with Gasteiger partial charge in [0.05, 0.1) is 15.7 Å². The summed E-state index contributed by atoms with van der Waals surface area (Å²) in [4.78, 5) is 14.8. The number of anilines is 4. The quantitative estimate of drug-likeness (QED) is 0.223. The van der Waals surface area contributed by atoms with E-state index in [1.807, 2.05) is 91.0 Å². The van der Waals surface area contributed by atoms with Gasteiger partial charge in [-0.15, -0.1) is 0 Å². The number of nitrogens with zero attached hydrogens (tertiary/aromatic N) is 2. The van der Waals surface area contributed by atoms with Crippen molar-refractivity contribution in [2.24, 2.45) is 0 Å². The molecule has 0 aliphatic heterocycles. The van der Waals surface area contributed by atoms with Crippen molar-refractivity contribution in [3.8, 4) is 6.07 Å². The number of para-hydroxylation sites is 3. The summed E-state index contributed by atoms with van der Waals surface area (Å²) < 4.78 is 0. The van der Waals surface area contributed by atoms with Gasteiger partial charge in [0.15, 0.2) is 0 Å². The highest BCUT2D eigenvalue weighted by atomic mass is 35.5. The number of nitriles is 1. The van der Waals surface area contributed by atoms with Crippen LogP contribution in [0.1, 0.15) is 5.56 Å². The molecule has 166 valence electrons. The monoisotopic (exact) mass is 483 g/mol. The fraction of sp³-hybridized carbons (Fsp3) is 0. The summed E-state index contributed by atoms with van der Waals surface area (Å²) in [5, 5.41) is 12.8. The van der Waals surface area contributed by atoms with Crippen LogP contribution in [0.2, 0.25) is 10.0 Å². The second kappa shape index (κ2) is 10.7. The zero-order valence-electron chi connectivity index (χ0n) is 18.0. The minimum absolute atomic E-state index is 0.0632. The Morgan fingerprint density at radius 1 is 0.735 bits per heavy atom. The Balaban J connectivity index is 1.61. The first-order valence-electron chi connectivity index (χ1n) is 10.4. The molecule has 4 rings (SSSR count). The Hall–Kier alpha value is -4.04. The predicted octanol–water partition coefficient (Wildman–Crippen LogP) is 8.01. The summed E-state index contributed by atoms with van der Waals surface area (Å²) in [7, 11) is 0. The molecule has 34 heavy (non-hydrogen) atoms. The predicted molar refractivity (Wildman–Crippen MR) is 140 cm³/mol. The molecular formula is C28H19Cl2N3O. The second-order valence-corrected chi connectivity index (χ2v) is 8.13. The molecule has 1 amide bonds. The molecule has 0 spiro atoms. The Bertz CT molecular complexity index is 1300. The normalized spacial score (nSPS) is 10.9. The van der Waals surface area contributed by atoms with Crippen molar-refractivity contribution >= 4 is 57.9 Å². The molecule has 0 fully saturated rings. The molecule has 4 aromatic rings. The lowest BCUT2D eigenvalue weighted by Gasteiger charge is -2.25. The van der Waals surface area contributed by atoms with Crippen molar-refractivity contribution in [2.45, 2.75) is 0 Å². The van der Waals surface area contributed by atoms with E-state index < -0.39 is 5.91 Å². The first-order valence-corrected chi connectivity index (χ1v) is 11.2. The molecular weight excluding hydrogens is 465 g/mol. The molecule has 0 aromatic heterocycles.